The van der Waals surface area contributed by atoms with Crippen LogP contribution in [-0.4, -0.2) is 29.5 Å². The molecule has 0 spiro atoms. The standard InChI is InChI=1S/C21H27NO4/c1-21(2,3)13-4-6-14(7-5-13)25-12-15-10-17-16(19(11-22)26-15)8-9-18(23)20(17)24/h4-9,15,19,23-24H,10-12,22H2,1-3H3/t15-,19-/m0/s1. The number of nitrogens with two attached hydrogens (primary N) is 1. The van der Waals surface area contributed by atoms with Gasteiger partial charge in [0.15, 0.2) is 11.5 Å². The number of benzene rings is 2. The summed E-state index contributed by atoms with van der Waals surface area (Å²) in [6.07, 6.45) is -0.0975. The molecule has 5 nitrogen and oxygen atoms in total. The summed E-state index contributed by atoms with van der Waals surface area (Å²) in [5.74, 6) is 0.555. The normalized spacial score (nSPS) is 19.8. The van der Waals surface area contributed by atoms with Crippen molar-refractivity contribution in [3.8, 4) is 17.2 Å². The first-order valence-electron chi connectivity index (χ1n) is 8.92. The Labute approximate surface area is 154 Å². The molecule has 0 unspecified atom stereocenters. The van der Waals surface area contributed by atoms with E-state index in [-0.39, 0.29) is 29.1 Å². The first-order chi connectivity index (χ1) is 12.3. The summed E-state index contributed by atoms with van der Waals surface area (Å²) in [5, 5.41) is 19.9. The first kappa shape index (κ1) is 18.5. The van der Waals surface area contributed by atoms with Crippen molar-refractivity contribution in [1.29, 1.82) is 0 Å². The fraction of sp³-hybridized carbons (Fsp3) is 0.429. The molecule has 2 aromatic rings. The molecule has 3 rings (SSSR count). The van der Waals surface area contributed by atoms with E-state index in [1.165, 1.54) is 11.6 Å². The lowest BCUT2D eigenvalue weighted by molar-refractivity contribution is -0.0422. The third-order valence-electron chi connectivity index (χ3n) is 4.80. The van der Waals surface area contributed by atoms with Crippen molar-refractivity contribution in [3.63, 3.8) is 0 Å². The van der Waals surface area contributed by atoms with Crippen LogP contribution in [0.5, 0.6) is 17.2 Å². The van der Waals surface area contributed by atoms with Gasteiger partial charge in [-0.15, -0.1) is 0 Å². The maximum absolute atomic E-state index is 10.2. The second kappa shape index (κ2) is 7.17. The zero-order chi connectivity index (χ0) is 18.9. The lowest BCUT2D eigenvalue weighted by atomic mass is 9.87. The predicted molar refractivity (Wildman–Crippen MR) is 101 cm³/mol. The molecule has 5 heteroatoms. The number of rotatable bonds is 4. The van der Waals surface area contributed by atoms with Crippen molar-refractivity contribution in [3.05, 3.63) is 53.1 Å². The number of phenols is 2. The summed E-state index contributed by atoms with van der Waals surface area (Å²) >= 11 is 0. The molecule has 0 saturated heterocycles. The molecule has 140 valence electrons. The van der Waals surface area contributed by atoms with Crippen molar-refractivity contribution >= 4 is 0 Å². The van der Waals surface area contributed by atoms with Gasteiger partial charge in [-0.3, -0.25) is 0 Å². The minimum atomic E-state index is -0.317. The second-order valence-corrected chi connectivity index (χ2v) is 7.77. The van der Waals surface area contributed by atoms with Gasteiger partial charge in [0.05, 0.1) is 12.2 Å². The zero-order valence-corrected chi connectivity index (χ0v) is 15.5. The molecular formula is C21H27NO4. The highest BCUT2D eigenvalue weighted by atomic mass is 16.5. The summed E-state index contributed by atoms with van der Waals surface area (Å²) in [6, 6.07) is 11.3. The van der Waals surface area contributed by atoms with Gasteiger partial charge in [0.2, 0.25) is 0 Å². The van der Waals surface area contributed by atoms with Gasteiger partial charge in [-0.25, -0.2) is 0 Å². The van der Waals surface area contributed by atoms with Crippen LogP contribution in [0.3, 0.4) is 0 Å². The van der Waals surface area contributed by atoms with Crippen LogP contribution < -0.4 is 10.5 Å². The maximum atomic E-state index is 10.2. The molecule has 0 aliphatic carbocycles. The van der Waals surface area contributed by atoms with Crippen molar-refractivity contribution in [2.24, 2.45) is 5.73 Å². The van der Waals surface area contributed by atoms with Crippen molar-refractivity contribution < 1.29 is 19.7 Å². The van der Waals surface area contributed by atoms with Gasteiger partial charge in [-0.1, -0.05) is 39.0 Å². The van der Waals surface area contributed by atoms with Crippen molar-refractivity contribution in [2.45, 2.75) is 44.8 Å². The van der Waals surface area contributed by atoms with E-state index in [9.17, 15) is 10.2 Å². The average molecular weight is 357 g/mol. The van der Waals surface area contributed by atoms with E-state index in [2.05, 4.69) is 32.9 Å². The monoisotopic (exact) mass is 357 g/mol. The number of phenolic OH excluding ortho intramolecular Hbond substituents is 2. The molecule has 1 aliphatic heterocycles. The molecule has 2 atom stereocenters. The molecule has 0 radical (unpaired) electrons. The van der Waals surface area contributed by atoms with Gasteiger partial charge in [0.1, 0.15) is 12.4 Å². The second-order valence-electron chi connectivity index (χ2n) is 7.77. The summed E-state index contributed by atoms with van der Waals surface area (Å²) < 4.78 is 11.9. The number of hydrogen-bond acceptors (Lipinski definition) is 5. The molecule has 0 amide bonds. The Morgan fingerprint density at radius 2 is 1.81 bits per heavy atom. The summed E-state index contributed by atoms with van der Waals surface area (Å²) in [5.41, 5.74) is 8.68. The largest absolute Gasteiger partial charge is 0.504 e. The quantitative estimate of drug-likeness (QED) is 0.730. The first-order valence-corrected chi connectivity index (χ1v) is 8.92. The Hall–Kier alpha value is -2.24. The van der Waals surface area contributed by atoms with Gasteiger partial charge in [-0.05, 0) is 34.7 Å². The summed E-state index contributed by atoms with van der Waals surface area (Å²) in [6.45, 7) is 7.16. The summed E-state index contributed by atoms with van der Waals surface area (Å²) in [4.78, 5) is 0. The molecular weight excluding hydrogens is 330 g/mol. The Kier molecular flexibility index (Phi) is 5.12. The smallest absolute Gasteiger partial charge is 0.161 e. The molecule has 1 heterocycles. The van der Waals surface area contributed by atoms with Gasteiger partial charge in [0.25, 0.3) is 0 Å². The molecule has 0 saturated carbocycles. The van der Waals surface area contributed by atoms with Crippen LogP contribution in [0.2, 0.25) is 0 Å². The van der Waals surface area contributed by atoms with E-state index < -0.39 is 0 Å². The van der Waals surface area contributed by atoms with Crippen LogP contribution in [-0.2, 0) is 16.6 Å². The van der Waals surface area contributed by atoms with Crippen molar-refractivity contribution in [2.75, 3.05) is 13.2 Å². The van der Waals surface area contributed by atoms with Crippen LogP contribution in [0.1, 0.15) is 43.6 Å². The molecule has 26 heavy (non-hydrogen) atoms. The average Bonchev–Trinajstić information content (AvgIpc) is 2.62. The third-order valence-corrected chi connectivity index (χ3v) is 4.80. The highest BCUT2D eigenvalue weighted by Gasteiger charge is 2.30. The third kappa shape index (κ3) is 3.79. The topological polar surface area (TPSA) is 84.9 Å². The van der Waals surface area contributed by atoms with E-state index in [4.69, 9.17) is 15.2 Å². The van der Waals surface area contributed by atoms with Crippen LogP contribution in [0, 0.1) is 0 Å². The number of aromatic hydroxyl groups is 2. The minimum Gasteiger partial charge on any atom is -0.504 e. The molecule has 4 N–H and O–H groups in total. The van der Waals surface area contributed by atoms with E-state index in [0.29, 0.717) is 25.1 Å². The van der Waals surface area contributed by atoms with E-state index >= 15 is 0 Å². The van der Waals surface area contributed by atoms with Crippen LogP contribution in [0.25, 0.3) is 0 Å². The van der Waals surface area contributed by atoms with Crippen molar-refractivity contribution in [1.82, 2.24) is 0 Å². The SMILES string of the molecule is CC(C)(C)c1ccc(OC[C@@H]2Cc3c(ccc(O)c3O)[C@H](CN)O2)cc1. The highest BCUT2D eigenvalue weighted by molar-refractivity contribution is 5.51. The Morgan fingerprint density at radius 1 is 1.12 bits per heavy atom. The molecule has 0 bridgehead atoms. The van der Waals surface area contributed by atoms with E-state index in [0.717, 1.165) is 11.3 Å². The van der Waals surface area contributed by atoms with Crippen LogP contribution in [0.15, 0.2) is 36.4 Å². The maximum Gasteiger partial charge on any atom is 0.161 e. The molecule has 0 fully saturated rings. The molecule has 1 aliphatic rings. The van der Waals surface area contributed by atoms with Gasteiger partial charge >= 0.3 is 0 Å². The Balaban J connectivity index is 1.70. The number of hydrogen-bond donors (Lipinski definition) is 3. The fourth-order valence-corrected chi connectivity index (χ4v) is 3.26. The van der Waals surface area contributed by atoms with Gasteiger partial charge in [-0.2, -0.15) is 0 Å². The van der Waals surface area contributed by atoms with Crippen LogP contribution in [0.4, 0.5) is 0 Å². The van der Waals surface area contributed by atoms with E-state index in [1.54, 1.807) is 6.07 Å². The Bertz CT molecular complexity index is 765. The van der Waals surface area contributed by atoms with Crippen LogP contribution >= 0.6 is 0 Å². The fourth-order valence-electron chi connectivity index (χ4n) is 3.26. The predicted octanol–water partition coefficient (Wildman–Crippen LogP) is 3.42. The number of fused-ring (bicyclic) bond motifs is 1. The number of ether oxygens (including phenoxy) is 2. The van der Waals surface area contributed by atoms with Gasteiger partial charge in [0, 0.05) is 18.5 Å². The molecule has 2 aromatic carbocycles. The lowest BCUT2D eigenvalue weighted by Crippen LogP contribution is -2.34. The lowest BCUT2D eigenvalue weighted by Gasteiger charge is -2.32. The minimum absolute atomic E-state index is 0.0937. The van der Waals surface area contributed by atoms with Gasteiger partial charge < -0.3 is 25.4 Å². The highest BCUT2D eigenvalue weighted by Crippen LogP contribution is 2.39. The Morgan fingerprint density at radius 3 is 2.42 bits per heavy atom. The molecule has 0 aromatic heterocycles. The summed E-state index contributed by atoms with van der Waals surface area (Å²) in [7, 11) is 0. The van der Waals surface area contributed by atoms with E-state index in [1.807, 2.05) is 12.1 Å². The zero-order valence-electron chi connectivity index (χ0n) is 15.5.